The van der Waals surface area contributed by atoms with Crippen LogP contribution in [0, 0.1) is 0 Å². The van der Waals surface area contributed by atoms with E-state index in [1.54, 1.807) is 13.8 Å². The molecule has 1 rings (SSSR count). The second kappa shape index (κ2) is 6.70. The third-order valence-corrected chi connectivity index (χ3v) is 2.48. The number of carbonyl (C=O) groups is 2. The van der Waals surface area contributed by atoms with Crippen LogP contribution in [-0.2, 0) is 14.3 Å². The highest BCUT2D eigenvalue weighted by molar-refractivity contribution is 5.87. The Bertz CT molecular complexity index is 258. The molecular formula is C10H19ClN2O3. The molecule has 94 valence electrons. The van der Waals surface area contributed by atoms with E-state index in [1.807, 2.05) is 0 Å². The first kappa shape index (κ1) is 15.2. The highest BCUT2D eigenvalue weighted by Crippen LogP contribution is 2.19. The van der Waals surface area contributed by atoms with Gasteiger partial charge in [-0.3, -0.25) is 4.79 Å². The Labute approximate surface area is 102 Å². The van der Waals surface area contributed by atoms with Gasteiger partial charge in [0, 0.05) is 6.54 Å². The van der Waals surface area contributed by atoms with Gasteiger partial charge in [0.2, 0.25) is 5.91 Å². The summed E-state index contributed by atoms with van der Waals surface area (Å²) in [6.45, 7) is 4.33. The van der Waals surface area contributed by atoms with Crippen LogP contribution in [0.1, 0.15) is 26.7 Å². The minimum Gasteiger partial charge on any atom is -0.464 e. The highest BCUT2D eigenvalue weighted by Gasteiger charge is 2.35. The van der Waals surface area contributed by atoms with E-state index in [0.717, 1.165) is 6.42 Å². The van der Waals surface area contributed by atoms with Crippen molar-refractivity contribution in [2.75, 3.05) is 13.2 Å². The Morgan fingerprint density at radius 3 is 2.69 bits per heavy atom. The molecule has 2 N–H and O–H groups in total. The van der Waals surface area contributed by atoms with Gasteiger partial charge in [0.15, 0.2) is 0 Å². The number of hydrogen-bond donors (Lipinski definition) is 1. The van der Waals surface area contributed by atoms with Crippen molar-refractivity contribution in [3.63, 3.8) is 0 Å². The summed E-state index contributed by atoms with van der Waals surface area (Å²) in [5.74, 6) is -0.491. The number of nitrogens with two attached hydrogens (primary N) is 1. The summed E-state index contributed by atoms with van der Waals surface area (Å²) < 4.78 is 4.91. The average Bonchev–Trinajstić information content (AvgIpc) is 2.65. The summed E-state index contributed by atoms with van der Waals surface area (Å²) in [6, 6.07) is -0.983. The summed E-state index contributed by atoms with van der Waals surface area (Å²) in [5.41, 5.74) is 5.51. The van der Waals surface area contributed by atoms with E-state index in [-0.39, 0.29) is 24.3 Å². The molecule has 0 aromatic heterocycles. The van der Waals surface area contributed by atoms with Crippen LogP contribution in [0.4, 0.5) is 0 Å². The Balaban J connectivity index is 0.00000225. The molecule has 0 unspecified atom stereocenters. The summed E-state index contributed by atoms with van der Waals surface area (Å²) in [4.78, 5) is 24.7. The van der Waals surface area contributed by atoms with Gasteiger partial charge in [0.05, 0.1) is 12.6 Å². The van der Waals surface area contributed by atoms with Crippen LogP contribution in [0.5, 0.6) is 0 Å². The Kier molecular flexibility index (Phi) is 6.36. The van der Waals surface area contributed by atoms with Crippen LogP contribution >= 0.6 is 12.4 Å². The fourth-order valence-electron chi connectivity index (χ4n) is 1.78. The first-order chi connectivity index (χ1) is 7.07. The smallest absolute Gasteiger partial charge is 0.328 e. The number of hydrogen-bond acceptors (Lipinski definition) is 4. The Hall–Kier alpha value is -0.810. The molecule has 16 heavy (non-hydrogen) atoms. The van der Waals surface area contributed by atoms with E-state index < -0.39 is 12.1 Å². The number of carbonyl (C=O) groups excluding carboxylic acids is 2. The quantitative estimate of drug-likeness (QED) is 0.732. The number of halogens is 1. The fraction of sp³-hybridized carbons (Fsp3) is 0.800. The maximum absolute atomic E-state index is 11.7. The second-order valence-electron chi connectivity index (χ2n) is 3.73. The minimum absolute atomic E-state index is 0. The minimum atomic E-state index is -0.556. The fourth-order valence-corrected chi connectivity index (χ4v) is 1.78. The van der Waals surface area contributed by atoms with Crippen molar-refractivity contribution in [3.05, 3.63) is 0 Å². The number of amides is 1. The van der Waals surface area contributed by atoms with E-state index in [9.17, 15) is 9.59 Å². The highest BCUT2D eigenvalue weighted by atomic mass is 35.5. The average molecular weight is 251 g/mol. The van der Waals surface area contributed by atoms with E-state index in [0.29, 0.717) is 19.6 Å². The van der Waals surface area contributed by atoms with E-state index in [2.05, 4.69) is 0 Å². The molecule has 1 fully saturated rings. The summed E-state index contributed by atoms with van der Waals surface area (Å²) in [7, 11) is 0. The summed E-state index contributed by atoms with van der Waals surface area (Å²) in [5, 5.41) is 0. The van der Waals surface area contributed by atoms with E-state index in [1.165, 1.54) is 4.90 Å². The number of rotatable bonds is 3. The van der Waals surface area contributed by atoms with E-state index in [4.69, 9.17) is 10.5 Å². The van der Waals surface area contributed by atoms with Crippen molar-refractivity contribution in [3.8, 4) is 0 Å². The first-order valence-corrected chi connectivity index (χ1v) is 5.30. The molecule has 0 radical (unpaired) electrons. The molecule has 5 nitrogen and oxygen atoms in total. The molecule has 1 heterocycles. The van der Waals surface area contributed by atoms with Gasteiger partial charge in [-0.15, -0.1) is 12.4 Å². The first-order valence-electron chi connectivity index (χ1n) is 5.30. The third kappa shape index (κ3) is 3.35. The number of nitrogens with zero attached hydrogens (tertiary/aromatic N) is 1. The van der Waals surface area contributed by atoms with Crippen molar-refractivity contribution < 1.29 is 14.3 Å². The monoisotopic (exact) mass is 250 g/mol. The molecule has 2 atom stereocenters. The molecule has 0 spiro atoms. The van der Waals surface area contributed by atoms with Gasteiger partial charge in [-0.05, 0) is 26.7 Å². The normalized spacial score (nSPS) is 21.2. The van der Waals surface area contributed by atoms with Gasteiger partial charge in [0.1, 0.15) is 6.04 Å². The van der Waals surface area contributed by atoms with Crippen molar-refractivity contribution >= 4 is 24.3 Å². The zero-order valence-electron chi connectivity index (χ0n) is 9.64. The maximum Gasteiger partial charge on any atom is 0.328 e. The number of likely N-dealkylation sites (tertiary alicyclic amines) is 1. The van der Waals surface area contributed by atoms with Gasteiger partial charge < -0.3 is 15.4 Å². The molecular weight excluding hydrogens is 232 g/mol. The SMILES string of the molecule is CCOC(=O)[C@@H]1CCCN1C(=O)[C@H](C)N.Cl. The van der Waals surface area contributed by atoms with Gasteiger partial charge in [-0.1, -0.05) is 0 Å². The molecule has 1 aliphatic rings. The Morgan fingerprint density at radius 2 is 2.19 bits per heavy atom. The van der Waals surface area contributed by atoms with Crippen LogP contribution in [0.3, 0.4) is 0 Å². The number of esters is 1. The van der Waals surface area contributed by atoms with Crippen molar-refractivity contribution in [1.82, 2.24) is 4.90 Å². The van der Waals surface area contributed by atoms with Crippen molar-refractivity contribution in [2.24, 2.45) is 5.73 Å². The summed E-state index contributed by atoms with van der Waals surface area (Å²) in [6.07, 6.45) is 1.51. The molecule has 6 heteroatoms. The number of ether oxygens (including phenoxy) is 1. The van der Waals surface area contributed by atoms with E-state index >= 15 is 0 Å². The second-order valence-corrected chi connectivity index (χ2v) is 3.73. The molecule has 1 saturated heterocycles. The zero-order chi connectivity index (χ0) is 11.4. The van der Waals surface area contributed by atoms with Gasteiger partial charge >= 0.3 is 5.97 Å². The maximum atomic E-state index is 11.7. The topological polar surface area (TPSA) is 72.6 Å². The summed E-state index contributed by atoms with van der Waals surface area (Å²) >= 11 is 0. The molecule has 0 aromatic rings. The van der Waals surface area contributed by atoms with Crippen LogP contribution < -0.4 is 5.73 Å². The van der Waals surface area contributed by atoms with Gasteiger partial charge in [0.25, 0.3) is 0 Å². The van der Waals surface area contributed by atoms with Gasteiger partial charge in [-0.25, -0.2) is 4.79 Å². The predicted molar refractivity (Wildman–Crippen MR) is 62.3 cm³/mol. The van der Waals surface area contributed by atoms with Gasteiger partial charge in [-0.2, -0.15) is 0 Å². The zero-order valence-corrected chi connectivity index (χ0v) is 10.5. The standard InChI is InChI=1S/C10H18N2O3.ClH/c1-3-15-10(14)8-5-4-6-12(8)9(13)7(2)11;/h7-8H,3-6,11H2,1-2H3;1H/t7-,8-;/m0./s1. The lowest BCUT2D eigenvalue weighted by Gasteiger charge is -2.24. The molecule has 0 bridgehead atoms. The lowest BCUT2D eigenvalue weighted by atomic mass is 10.2. The lowest BCUT2D eigenvalue weighted by Crippen LogP contribution is -2.47. The predicted octanol–water partition coefficient (Wildman–Crippen LogP) is 0.309. The van der Waals surface area contributed by atoms with Crippen LogP contribution in [-0.4, -0.2) is 42.0 Å². The van der Waals surface area contributed by atoms with Crippen LogP contribution in [0.15, 0.2) is 0 Å². The molecule has 1 aliphatic heterocycles. The van der Waals surface area contributed by atoms with Crippen molar-refractivity contribution in [1.29, 1.82) is 0 Å². The lowest BCUT2D eigenvalue weighted by molar-refractivity contribution is -0.153. The Morgan fingerprint density at radius 1 is 1.56 bits per heavy atom. The third-order valence-electron chi connectivity index (χ3n) is 2.48. The van der Waals surface area contributed by atoms with Crippen LogP contribution in [0.2, 0.25) is 0 Å². The van der Waals surface area contributed by atoms with Crippen LogP contribution in [0.25, 0.3) is 0 Å². The van der Waals surface area contributed by atoms with Crippen molar-refractivity contribution in [2.45, 2.75) is 38.8 Å². The molecule has 0 aromatic carbocycles. The molecule has 1 amide bonds. The largest absolute Gasteiger partial charge is 0.464 e. The molecule has 0 aliphatic carbocycles. The molecule has 0 saturated carbocycles.